The Balaban J connectivity index is -0.000000107. The van der Waals surface area contributed by atoms with Crippen LogP contribution in [0.2, 0.25) is 0 Å². The van der Waals surface area contributed by atoms with Crippen molar-refractivity contribution in [1.29, 1.82) is 0 Å². The Morgan fingerprint density at radius 1 is 0.636 bits per heavy atom. The second kappa shape index (κ2) is 6.43. The van der Waals surface area contributed by atoms with E-state index in [1.54, 1.807) is 0 Å². The van der Waals surface area contributed by atoms with Crippen molar-refractivity contribution in [3.8, 4) is 0 Å². The van der Waals surface area contributed by atoms with Crippen LogP contribution in [0.5, 0.6) is 0 Å². The molecule has 0 saturated carbocycles. The molecular weight excluding hydrogens is 374 g/mol. The van der Waals surface area contributed by atoms with Gasteiger partial charge in [-0.2, -0.15) is 15.6 Å². The SMILES string of the molecule is O=P([O-])([O-])[O-].O=P([O-])([O-])[O-].[W]. The van der Waals surface area contributed by atoms with Gasteiger partial charge in [-0.05, 0) is 0 Å². The minimum atomic E-state index is -5.39. The summed E-state index contributed by atoms with van der Waals surface area (Å²) in [6.45, 7) is 0. The van der Waals surface area contributed by atoms with Crippen molar-refractivity contribution in [2.75, 3.05) is 0 Å². The van der Waals surface area contributed by atoms with E-state index in [2.05, 4.69) is 0 Å². The van der Waals surface area contributed by atoms with Gasteiger partial charge in [0.1, 0.15) is 0 Å². The van der Waals surface area contributed by atoms with Crippen molar-refractivity contribution in [3.63, 3.8) is 0 Å². The van der Waals surface area contributed by atoms with Crippen LogP contribution in [-0.2, 0) is 30.2 Å². The zero-order valence-corrected chi connectivity index (χ0v) is 9.29. The minimum absolute atomic E-state index is 0. The molecule has 0 radical (unpaired) electrons. The number of hydrogen-bond donors (Lipinski definition) is 0. The van der Waals surface area contributed by atoms with Gasteiger partial charge >= 0.3 is 0 Å². The molecule has 8 nitrogen and oxygen atoms in total. The standard InChI is InChI=1S/2H3O4P.W/c2*1-5(2,3)4;/h2*(H3,1,2,3,4);/p-6. The Labute approximate surface area is 75.6 Å². The largest absolute Gasteiger partial charge is 0.822 e. The van der Waals surface area contributed by atoms with Crippen LogP contribution in [-0.4, -0.2) is 0 Å². The zero-order valence-electron chi connectivity index (χ0n) is 4.57. The van der Waals surface area contributed by atoms with Gasteiger partial charge in [-0.1, -0.05) is 0 Å². The Bertz CT molecular complexity index is 124. The molecule has 0 aromatic carbocycles. The number of phosphoric acid groups is 2. The van der Waals surface area contributed by atoms with Crippen LogP contribution >= 0.6 is 15.6 Å². The van der Waals surface area contributed by atoms with Gasteiger partial charge < -0.3 is 38.5 Å². The average Bonchev–Trinajstić information content (AvgIpc) is 1.12. The van der Waals surface area contributed by atoms with Crippen LogP contribution < -0.4 is 29.4 Å². The molecule has 0 aliphatic rings. The molecule has 0 aliphatic carbocycles. The van der Waals surface area contributed by atoms with Crippen molar-refractivity contribution in [3.05, 3.63) is 0 Å². The van der Waals surface area contributed by atoms with Gasteiger partial charge in [-0.3, -0.25) is 0 Å². The van der Waals surface area contributed by atoms with Gasteiger partial charge in [-0.15, -0.1) is 0 Å². The van der Waals surface area contributed by atoms with Crippen LogP contribution in [0.25, 0.3) is 0 Å². The van der Waals surface area contributed by atoms with E-state index in [4.69, 9.17) is 38.5 Å². The van der Waals surface area contributed by atoms with E-state index in [0.717, 1.165) is 0 Å². The molecule has 0 N–H and O–H groups in total. The van der Waals surface area contributed by atoms with Gasteiger partial charge in [0.25, 0.3) is 0 Å². The first-order chi connectivity index (χ1) is 4.00. The molecular formula is O8P2W-6. The molecule has 0 aromatic heterocycles. The quantitative estimate of drug-likeness (QED) is 0.378. The second-order valence-corrected chi connectivity index (χ2v) is 2.68. The molecule has 0 aromatic rings. The summed E-state index contributed by atoms with van der Waals surface area (Å²) in [5.41, 5.74) is 0. The summed E-state index contributed by atoms with van der Waals surface area (Å²) in [7, 11) is -10.8. The van der Waals surface area contributed by atoms with Crippen molar-refractivity contribution in [2.24, 2.45) is 0 Å². The summed E-state index contributed by atoms with van der Waals surface area (Å²) >= 11 is 0. The predicted octanol–water partition coefficient (Wildman–Crippen LogP) is -5.65. The van der Waals surface area contributed by atoms with Gasteiger partial charge in [-0.25, -0.2) is 0 Å². The summed E-state index contributed by atoms with van der Waals surface area (Å²) < 4.78 is 17.1. The number of rotatable bonds is 0. The maximum absolute atomic E-state index is 8.55. The average molecular weight is 374 g/mol. The fourth-order valence-corrected chi connectivity index (χ4v) is 0. The Hall–Kier alpha value is 0.908. The van der Waals surface area contributed by atoms with Gasteiger partial charge in [0, 0.05) is 21.1 Å². The summed E-state index contributed by atoms with van der Waals surface area (Å²) in [6.07, 6.45) is 0. The Kier molecular flexibility index (Phi) is 10.4. The topological polar surface area (TPSA) is 172 Å². The third kappa shape index (κ3) is 1050. The van der Waals surface area contributed by atoms with E-state index >= 15 is 0 Å². The van der Waals surface area contributed by atoms with Crippen LogP contribution in [0, 0.1) is 0 Å². The van der Waals surface area contributed by atoms with Crippen molar-refractivity contribution in [2.45, 2.75) is 0 Å². The van der Waals surface area contributed by atoms with E-state index in [-0.39, 0.29) is 21.1 Å². The van der Waals surface area contributed by atoms with Crippen molar-refractivity contribution in [1.82, 2.24) is 0 Å². The fraction of sp³-hybridized carbons (Fsp3) is 0. The van der Waals surface area contributed by atoms with Crippen molar-refractivity contribution >= 4 is 15.6 Å². The summed E-state index contributed by atoms with van der Waals surface area (Å²) in [5, 5.41) is 0. The summed E-state index contributed by atoms with van der Waals surface area (Å²) in [6, 6.07) is 0. The summed E-state index contributed by atoms with van der Waals surface area (Å²) in [5.74, 6) is 0. The Morgan fingerprint density at radius 2 is 0.636 bits per heavy atom. The maximum atomic E-state index is 8.55. The summed E-state index contributed by atoms with van der Waals surface area (Å²) in [4.78, 5) is 51.3. The molecule has 0 saturated heterocycles. The third-order valence-corrected chi connectivity index (χ3v) is 0. The monoisotopic (exact) mass is 374 g/mol. The second-order valence-electron chi connectivity index (χ2n) is 0.894. The molecule has 0 spiro atoms. The van der Waals surface area contributed by atoms with E-state index in [1.807, 2.05) is 0 Å². The molecule has 0 bridgehead atoms. The first-order valence-electron chi connectivity index (χ1n) is 1.46. The van der Waals surface area contributed by atoms with Crippen molar-refractivity contribution < 1.29 is 59.6 Å². The zero-order chi connectivity index (χ0) is 9.00. The molecule has 0 atom stereocenters. The van der Waals surface area contributed by atoms with Gasteiger partial charge in [0.05, 0.1) is 0 Å². The van der Waals surface area contributed by atoms with E-state index < -0.39 is 15.6 Å². The normalized spacial score (nSPS) is 10.7. The third-order valence-electron chi connectivity index (χ3n) is 0. The van der Waals surface area contributed by atoms with Crippen LogP contribution in [0.4, 0.5) is 0 Å². The smallest absolute Gasteiger partial charge is 0 e. The Morgan fingerprint density at radius 3 is 0.636 bits per heavy atom. The molecule has 0 fully saturated rings. The fourth-order valence-electron chi connectivity index (χ4n) is 0. The molecule has 11 heavy (non-hydrogen) atoms. The first-order valence-corrected chi connectivity index (χ1v) is 4.38. The number of hydrogen-bond acceptors (Lipinski definition) is 8. The minimum Gasteiger partial charge on any atom is -0.822 e. The van der Waals surface area contributed by atoms with Crippen LogP contribution in [0.1, 0.15) is 0 Å². The molecule has 0 unspecified atom stereocenters. The molecule has 70 valence electrons. The first kappa shape index (κ1) is 17.9. The van der Waals surface area contributed by atoms with E-state index in [0.29, 0.717) is 0 Å². The molecule has 0 rings (SSSR count). The van der Waals surface area contributed by atoms with Crippen LogP contribution in [0.15, 0.2) is 0 Å². The van der Waals surface area contributed by atoms with Crippen LogP contribution in [0.3, 0.4) is 0 Å². The van der Waals surface area contributed by atoms with E-state index in [9.17, 15) is 0 Å². The molecule has 11 heteroatoms. The molecule has 0 aliphatic heterocycles. The molecule has 0 heterocycles. The van der Waals surface area contributed by atoms with E-state index in [1.165, 1.54) is 0 Å². The van der Waals surface area contributed by atoms with Gasteiger partial charge in [0.2, 0.25) is 0 Å². The maximum Gasteiger partial charge on any atom is 0 e. The molecule has 0 amide bonds. The predicted molar refractivity (Wildman–Crippen MR) is 15.2 cm³/mol. The van der Waals surface area contributed by atoms with Gasteiger partial charge in [0.15, 0.2) is 0 Å².